The number of rotatable bonds is 4. The Morgan fingerprint density at radius 2 is 1.86 bits per heavy atom. The van der Waals surface area contributed by atoms with Crippen LogP contribution in [-0.2, 0) is 11.3 Å². The van der Waals surface area contributed by atoms with Gasteiger partial charge in [-0.05, 0) is 64.0 Å². The van der Waals surface area contributed by atoms with Gasteiger partial charge in [0.2, 0.25) is 0 Å². The van der Waals surface area contributed by atoms with Crippen LogP contribution in [0.3, 0.4) is 0 Å². The summed E-state index contributed by atoms with van der Waals surface area (Å²) < 4.78 is 6.26. The van der Waals surface area contributed by atoms with Gasteiger partial charge in [0, 0.05) is 15.2 Å². The number of amides is 2. The lowest BCUT2D eigenvalue weighted by Crippen LogP contribution is -2.38. The molecule has 29 heavy (non-hydrogen) atoms. The van der Waals surface area contributed by atoms with Gasteiger partial charge in [0.05, 0.1) is 17.8 Å². The number of benzene rings is 3. The maximum absolute atomic E-state index is 12.6. The van der Waals surface area contributed by atoms with E-state index in [2.05, 4.69) is 21.2 Å². The summed E-state index contributed by atoms with van der Waals surface area (Å²) in [6, 6.07) is 19.8. The molecule has 4 rings (SSSR count). The molecule has 1 aliphatic heterocycles. The molecule has 0 spiro atoms. The van der Waals surface area contributed by atoms with Gasteiger partial charge >= 0.3 is 0 Å². The van der Waals surface area contributed by atoms with E-state index in [4.69, 9.17) is 16.3 Å². The molecular weight excluding hydrogens is 456 g/mol. The highest BCUT2D eigenvalue weighted by Gasteiger charge is 2.26. The fourth-order valence-corrected chi connectivity index (χ4v) is 3.66. The van der Waals surface area contributed by atoms with E-state index in [9.17, 15) is 9.59 Å². The Bertz CT molecular complexity index is 1090. The van der Waals surface area contributed by atoms with Crippen molar-refractivity contribution >= 4 is 50.7 Å². The monoisotopic (exact) mass is 470 g/mol. The Morgan fingerprint density at radius 3 is 2.62 bits per heavy atom. The van der Waals surface area contributed by atoms with Crippen molar-refractivity contribution in [1.82, 2.24) is 0 Å². The zero-order chi connectivity index (χ0) is 20.4. The van der Waals surface area contributed by atoms with Crippen LogP contribution in [-0.4, -0.2) is 18.4 Å². The molecular formula is C22H16BrClN2O3. The summed E-state index contributed by atoms with van der Waals surface area (Å²) in [5, 5.41) is 3.51. The second-order valence-corrected chi connectivity index (χ2v) is 7.80. The third-order valence-electron chi connectivity index (χ3n) is 4.53. The Hall–Kier alpha value is -2.83. The largest absolute Gasteiger partial charge is 0.482 e. The van der Waals surface area contributed by atoms with E-state index in [-0.39, 0.29) is 18.4 Å². The predicted molar refractivity (Wildman–Crippen MR) is 117 cm³/mol. The first-order valence-electron chi connectivity index (χ1n) is 8.89. The van der Waals surface area contributed by atoms with Crippen molar-refractivity contribution in [2.45, 2.75) is 6.54 Å². The highest BCUT2D eigenvalue weighted by atomic mass is 79.9. The zero-order valence-electron chi connectivity index (χ0n) is 15.2. The minimum absolute atomic E-state index is 0.0245. The molecule has 1 heterocycles. The third-order valence-corrected chi connectivity index (χ3v) is 5.48. The smallest absolute Gasteiger partial charge is 0.265 e. The predicted octanol–water partition coefficient (Wildman–Crippen LogP) is 5.28. The number of hydrogen-bond donors (Lipinski definition) is 1. The van der Waals surface area contributed by atoms with Crippen LogP contribution in [0.5, 0.6) is 5.75 Å². The Labute approximate surface area is 181 Å². The van der Waals surface area contributed by atoms with Crippen LogP contribution in [0.1, 0.15) is 15.9 Å². The topological polar surface area (TPSA) is 58.6 Å². The molecule has 0 aromatic heterocycles. The molecule has 3 aromatic carbocycles. The zero-order valence-corrected chi connectivity index (χ0v) is 17.5. The fraction of sp³-hybridized carbons (Fsp3) is 0.0909. The van der Waals surface area contributed by atoms with Crippen LogP contribution in [0.15, 0.2) is 71.2 Å². The van der Waals surface area contributed by atoms with Gasteiger partial charge < -0.3 is 15.0 Å². The lowest BCUT2D eigenvalue weighted by atomic mass is 10.1. The van der Waals surface area contributed by atoms with Gasteiger partial charge in [-0.2, -0.15) is 0 Å². The summed E-state index contributed by atoms with van der Waals surface area (Å²) in [7, 11) is 0. The molecule has 0 saturated carbocycles. The minimum Gasteiger partial charge on any atom is -0.482 e. The van der Waals surface area contributed by atoms with Crippen molar-refractivity contribution in [3.63, 3.8) is 0 Å². The van der Waals surface area contributed by atoms with Crippen molar-refractivity contribution in [2.75, 3.05) is 16.8 Å². The molecule has 0 aliphatic carbocycles. The Morgan fingerprint density at radius 1 is 1.10 bits per heavy atom. The molecule has 5 nitrogen and oxygen atoms in total. The van der Waals surface area contributed by atoms with E-state index in [1.165, 1.54) is 0 Å². The van der Waals surface area contributed by atoms with Crippen LogP contribution in [0.25, 0.3) is 0 Å². The van der Waals surface area contributed by atoms with Crippen molar-refractivity contribution < 1.29 is 14.3 Å². The molecule has 0 unspecified atom stereocenters. The number of ether oxygens (including phenoxy) is 1. The number of carbonyl (C=O) groups excluding carboxylic acids is 2. The normalized spacial score (nSPS) is 12.9. The van der Waals surface area contributed by atoms with Crippen LogP contribution in [0.4, 0.5) is 11.4 Å². The van der Waals surface area contributed by atoms with Gasteiger partial charge in [0.1, 0.15) is 5.75 Å². The molecule has 1 N–H and O–H groups in total. The maximum Gasteiger partial charge on any atom is 0.265 e. The Balaban J connectivity index is 1.61. The van der Waals surface area contributed by atoms with E-state index < -0.39 is 0 Å². The number of anilines is 2. The quantitative estimate of drug-likeness (QED) is 0.563. The number of carbonyl (C=O) groups is 2. The number of nitrogens with zero attached hydrogens (tertiary/aromatic N) is 1. The van der Waals surface area contributed by atoms with Gasteiger partial charge in [0.15, 0.2) is 6.61 Å². The molecule has 1 aliphatic rings. The van der Waals surface area contributed by atoms with E-state index >= 15 is 0 Å². The highest BCUT2D eigenvalue weighted by Crippen LogP contribution is 2.36. The van der Waals surface area contributed by atoms with Crippen LogP contribution in [0.2, 0.25) is 5.02 Å². The van der Waals surface area contributed by atoms with Crippen LogP contribution >= 0.6 is 27.5 Å². The fourth-order valence-electron chi connectivity index (χ4n) is 3.07. The number of fused-ring (bicyclic) bond motifs is 1. The summed E-state index contributed by atoms with van der Waals surface area (Å²) in [4.78, 5) is 26.8. The maximum atomic E-state index is 12.6. The van der Waals surface area contributed by atoms with Crippen molar-refractivity contribution in [3.8, 4) is 5.75 Å². The second-order valence-electron chi connectivity index (χ2n) is 6.51. The number of nitrogens with one attached hydrogen (secondary N) is 1. The first-order valence-corrected chi connectivity index (χ1v) is 10.1. The van der Waals surface area contributed by atoms with Crippen LogP contribution < -0.4 is 15.0 Å². The first kappa shape index (κ1) is 19.5. The molecule has 0 atom stereocenters. The Kier molecular flexibility index (Phi) is 5.56. The SMILES string of the molecule is O=C(Nc1ccc2c(c1)N(Cc1ccc(Cl)cc1)C(=O)CO2)c1ccccc1Br. The highest BCUT2D eigenvalue weighted by molar-refractivity contribution is 9.10. The summed E-state index contributed by atoms with van der Waals surface area (Å²) >= 11 is 9.34. The average Bonchev–Trinajstić information content (AvgIpc) is 2.72. The molecule has 0 saturated heterocycles. The first-order chi connectivity index (χ1) is 14.0. The molecule has 0 radical (unpaired) electrons. The summed E-state index contributed by atoms with van der Waals surface area (Å²) in [6.45, 7) is 0.358. The molecule has 2 amide bonds. The molecule has 0 fully saturated rings. The summed E-state index contributed by atoms with van der Waals surface area (Å²) in [5.74, 6) is 0.198. The van der Waals surface area contributed by atoms with Crippen LogP contribution in [0, 0.1) is 0 Å². The van der Waals surface area contributed by atoms with Crippen molar-refractivity contribution in [2.24, 2.45) is 0 Å². The summed E-state index contributed by atoms with van der Waals surface area (Å²) in [6.07, 6.45) is 0. The summed E-state index contributed by atoms with van der Waals surface area (Å²) in [5.41, 5.74) is 2.65. The molecule has 3 aromatic rings. The van der Waals surface area contributed by atoms with Gasteiger partial charge in [0.25, 0.3) is 11.8 Å². The molecule has 0 bridgehead atoms. The van der Waals surface area contributed by atoms with E-state index in [0.717, 1.165) is 5.56 Å². The standard InChI is InChI=1S/C22H16BrClN2O3/c23-18-4-2-1-3-17(18)22(28)25-16-9-10-20-19(11-16)26(21(27)13-29-20)12-14-5-7-15(24)8-6-14/h1-11H,12-13H2,(H,25,28). The minimum atomic E-state index is -0.246. The average molecular weight is 472 g/mol. The van der Waals surface area contributed by atoms with Gasteiger partial charge in [-0.1, -0.05) is 35.9 Å². The lowest BCUT2D eigenvalue weighted by molar-refractivity contribution is -0.121. The van der Waals surface area contributed by atoms with Gasteiger partial charge in [-0.3, -0.25) is 9.59 Å². The third kappa shape index (κ3) is 4.28. The molecule has 7 heteroatoms. The van der Waals surface area contributed by atoms with E-state index in [1.807, 2.05) is 24.3 Å². The second kappa shape index (κ2) is 8.27. The lowest BCUT2D eigenvalue weighted by Gasteiger charge is -2.30. The van der Waals surface area contributed by atoms with Gasteiger partial charge in [-0.15, -0.1) is 0 Å². The van der Waals surface area contributed by atoms with Gasteiger partial charge in [-0.25, -0.2) is 0 Å². The van der Waals surface area contributed by atoms with E-state index in [1.54, 1.807) is 47.4 Å². The van der Waals surface area contributed by atoms with Crippen molar-refractivity contribution in [3.05, 3.63) is 87.4 Å². The number of hydrogen-bond acceptors (Lipinski definition) is 3. The number of halogens is 2. The molecule has 146 valence electrons. The van der Waals surface area contributed by atoms with E-state index in [0.29, 0.717) is 38.7 Å². The van der Waals surface area contributed by atoms with Crippen molar-refractivity contribution in [1.29, 1.82) is 0 Å².